The summed E-state index contributed by atoms with van der Waals surface area (Å²) in [6.07, 6.45) is 0. The summed E-state index contributed by atoms with van der Waals surface area (Å²) in [5.41, 5.74) is -1.13. The summed E-state index contributed by atoms with van der Waals surface area (Å²) in [6, 6.07) is 11.5. The van der Waals surface area contributed by atoms with Crippen LogP contribution in [0.3, 0.4) is 0 Å². The van der Waals surface area contributed by atoms with Crippen LogP contribution in [0.4, 0.5) is 4.39 Å². The number of benzene rings is 2. The maximum Gasteiger partial charge on any atom is 0.341 e. The van der Waals surface area contributed by atoms with Gasteiger partial charge >= 0.3 is 5.97 Å². The second-order valence-corrected chi connectivity index (χ2v) is 7.55. The van der Waals surface area contributed by atoms with E-state index in [2.05, 4.69) is 4.72 Å². The maximum absolute atomic E-state index is 14.4. The predicted octanol–water partition coefficient (Wildman–Crippen LogP) is 2.50. The number of carbonyl (C=O) groups is 1. The van der Waals surface area contributed by atoms with Crippen molar-refractivity contribution in [3.8, 4) is 5.75 Å². The Morgan fingerprint density at radius 1 is 1.20 bits per heavy atom. The van der Waals surface area contributed by atoms with E-state index in [0.717, 1.165) is 6.07 Å². The molecule has 2 N–H and O–H groups in total. The zero-order valence-electron chi connectivity index (χ0n) is 13.7. The molecule has 6 nitrogen and oxygen atoms in total. The van der Waals surface area contributed by atoms with E-state index in [-0.39, 0.29) is 16.2 Å². The number of hydrogen-bond acceptors (Lipinski definition) is 4. The van der Waals surface area contributed by atoms with Crippen molar-refractivity contribution < 1.29 is 27.4 Å². The first-order valence-corrected chi connectivity index (χ1v) is 8.84. The van der Waals surface area contributed by atoms with Crippen LogP contribution < -0.4 is 9.46 Å². The van der Waals surface area contributed by atoms with Crippen molar-refractivity contribution in [2.45, 2.75) is 24.3 Å². The highest BCUT2D eigenvalue weighted by Crippen LogP contribution is 2.28. The molecule has 0 saturated heterocycles. The van der Waals surface area contributed by atoms with Gasteiger partial charge in [0.2, 0.25) is 10.0 Å². The zero-order chi connectivity index (χ0) is 18.7. The Bertz CT molecular complexity index is 866. The monoisotopic (exact) mass is 367 g/mol. The van der Waals surface area contributed by atoms with E-state index in [1.165, 1.54) is 38.1 Å². The van der Waals surface area contributed by atoms with Gasteiger partial charge in [-0.2, -0.15) is 0 Å². The average molecular weight is 367 g/mol. The van der Waals surface area contributed by atoms with Crippen LogP contribution in [-0.4, -0.2) is 26.1 Å². The summed E-state index contributed by atoms with van der Waals surface area (Å²) in [6.45, 7) is 2.47. The molecule has 0 aliphatic rings. The van der Waals surface area contributed by atoms with Gasteiger partial charge in [0.05, 0.1) is 10.4 Å². The number of rotatable bonds is 7. The fourth-order valence-corrected chi connectivity index (χ4v) is 3.70. The van der Waals surface area contributed by atoms with Gasteiger partial charge in [-0.05, 0) is 32.0 Å². The lowest BCUT2D eigenvalue weighted by Crippen LogP contribution is -2.41. The molecule has 0 heterocycles. The van der Waals surface area contributed by atoms with Crippen LogP contribution >= 0.6 is 0 Å². The maximum atomic E-state index is 14.4. The molecule has 0 bridgehead atoms. The van der Waals surface area contributed by atoms with Crippen molar-refractivity contribution >= 4 is 16.0 Å². The molecular weight excluding hydrogens is 349 g/mol. The first kappa shape index (κ1) is 18.9. The molecule has 25 heavy (non-hydrogen) atoms. The highest BCUT2D eigenvalue weighted by molar-refractivity contribution is 7.89. The third-order valence-electron chi connectivity index (χ3n) is 3.42. The van der Waals surface area contributed by atoms with Gasteiger partial charge in [-0.1, -0.05) is 24.3 Å². The lowest BCUT2D eigenvalue weighted by atomic mass is 9.95. The van der Waals surface area contributed by atoms with Crippen molar-refractivity contribution in [2.24, 2.45) is 0 Å². The van der Waals surface area contributed by atoms with Gasteiger partial charge in [0.1, 0.15) is 11.6 Å². The Kier molecular flexibility index (Phi) is 5.44. The van der Waals surface area contributed by atoms with Crippen LogP contribution in [0.1, 0.15) is 19.4 Å². The van der Waals surface area contributed by atoms with Crippen LogP contribution in [-0.2, 0) is 20.4 Å². The molecule has 0 unspecified atom stereocenters. The average Bonchev–Trinajstić information content (AvgIpc) is 2.52. The van der Waals surface area contributed by atoms with Crippen LogP contribution in [0.2, 0.25) is 0 Å². The van der Waals surface area contributed by atoms with E-state index in [1.54, 1.807) is 18.2 Å². The summed E-state index contributed by atoms with van der Waals surface area (Å²) >= 11 is 0. The second kappa shape index (κ2) is 7.20. The molecule has 0 radical (unpaired) electrons. The third kappa shape index (κ3) is 4.77. The second-order valence-electron chi connectivity index (χ2n) is 5.87. The van der Waals surface area contributed by atoms with Crippen LogP contribution in [0, 0.1) is 5.82 Å². The van der Waals surface area contributed by atoms with E-state index in [0.29, 0.717) is 0 Å². The van der Waals surface area contributed by atoms with Gasteiger partial charge in [0, 0.05) is 11.6 Å². The normalized spacial score (nSPS) is 12.0. The van der Waals surface area contributed by atoms with Gasteiger partial charge in [0.15, 0.2) is 6.61 Å². The fraction of sp³-hybridized carbons (Fsp3) is 0.235. The van der Waals surface area contributed by atoms with E-state index >= 15 is 0 Å². The van der Waals surface area contributed by atoms with Crippen molar-refractivity contribution in [1.29, 1.82) is 0 Å². The van der Waals surface area contributed by atoms with Crippen LogP contribution in [0.5, 0.6) is 5.75 Å². The molecule has 2 rings (SSSR count). The minimum Gasteiger partial charge on any atom is -0.482 e. The highest BCUT2D eigenvalue weighted by Gasteiger charge is 2.30. The number of carboxylic acids is 1. The molecule has 0 aliphatic carbocycles. The van der Waals surface area contributed by atoms with E-state index in [9.17, 15) is 17.6 Å². The Morgan fingerprint density at radius 3 is 2.40 bits per heavy atom. The van der Waals surface area contributed by atoms with Crippen molar-refractivity contribution in [3.05, 3.63) is 59.9 Å². The lowest BCUT2D eigenvalue weighted by Gasteiger charge is -2.27. The van der Waals surface area contributed by atoms with Gasteiger partial charge in [-0.3, -0.25) is 0 Å². The lowest BCUT2D eigenvalue weighted by molar-refractivity contribution is -0.139. The molecule has 0 spiro atoms. The minimum atomic E-state index is -3.84. The molecule has 2 aromatic carbocycles. The topological polar surface area (TPSA) is 92.7 Å². The summed E-state index contributed by atoms with van der Waals surface area (Å²) in [4.78, 5) is 10.6. The number of ether oxygens (including phenoxy) is 1. The molecule has 0 aliphatic heterocycles. The number of aliphatic carboxylic acids is 1. The Balaban J connectivity index is 2.26. The van der Waals surface area contributed by atoms with Crippen molar-refractivity contribution in [2.75, 3.05) is 6.61 Å². The number of carboxylic acid groups (broad SMARTS) is 1. The quantitative estimate of drug-likeness (QED) is 0.784. The predicted molar refractivity (Wildman–Crippen MR) is 89.3 cm³/mol. The summed E-state index contributed by atoms with van der Waals surface area (Å²) in [7, 11) is -3.84. The number of nitrogens with one attached hydrogen (secondary N) is 1. The molecule has 0 amide bonds. The van der Waals surface area contributed by atoms with Gasteiger partial charge in [0.25, 0.3) is 0 Å². The molecule has 0 fully saturated rings. The largest absolute Gasteiger partial charge is 0.482 e. The van der Waals surface area contributed by atoms with Crippen LogP contribution in [0.25, 0.3) is 0 Å². The van der Waals surface area contributed by atoms with Crippen molar-refractivity contribution in [3.63, 3.8) is 0 Å². The van der Waals surface area contributed by atoms with Crippen LogP contribution in [0.15, 0.2) is 53.4 Å². The Morgan fingerprint density at radius 2 is 1.84 bits per heavy atom. The first-order chi connectivity index (χ1) is 11.6. The van der Waals surface area contributed by atoms with E-state index in [1.807, 2.05) is 0 Å². The van der Waals surface area contributed by atoms with E-state index in [4.69, 9.17) is 9.84 Å². The SMILES string of the molecule is CC(C)(NS(=O)(=O)c1ccccc1)c1ccc(OCC(=O)O)cc1F. The standard InChI is InChI=1S/C17H18FNO5S/c1-17(2,19-25(22,23)13-6-4-3-5-7-13)14-9-8-12(10-15(14)18)24-11-16(20)21/h3-10,19H,11H2,1-2H3,(H,20,21). The molecule has 134 valence electrons. The molecule has 0 saturated carbocycles. The fourth-order valence-electron chi connectivity index (χ4n) is 2.29. The minimum absolute atomic E-state index is 0.0466. The molecule has 2 aromatic rings. The highest BCUT2D eigenvalue weighted by atomic mass is 32.2. The summed E-state index contributed by atoms with van der Waals surface area (Å²) in [5.74, 6) is -1.84. The number of halogens is 1. The first-order valence-electron chi connectivity index (χ1n) is 7.35. The van der Waals surface area contributed by atoms with Gasteiger partial charge in [-0.25, -0.2) is 22.3 Å². The zero-order valence-corrected chi connectivity index (χ0v) is 14.5. The molecule has 8 heteroatoms. The van der Waals surface area contributed by atoms with Gasteiger partial charge in [-0.15, -0.1) is 0 Å². The number of sulfonamides is 1. The van der Waals surface area contributed by atoms with Crippen molar-refractivity contribution in [1.82, 2.24) is 4.72 Å². The number of hydrogen-bond donors (Lipinski definition) is 2. The molecule has 0 aromatic heterocycles. The van der Waals surface area contributed by atoms with Gasteiger partial charge < -0.3 is 9.84 Å². The summed E-state index contributed by atoms with van der Waals surface area (Å²) < 4.78 is 46.7. The molecular formula is C17H18FNO5S. The Labute approximate surface area is 145 Å². The summed E-state index contributed by atoms with van der Waals surface area (Å²) in [5, 5.41) is 8.57. The molecule has 0 atom stereocenters. The third-order valence-corrected chi connectivity index (χ3v) is 5.09. The Hall–Kier alpha value is -2.45. The smallest absolute Gasteiger partial charge is 0.341 e. The van der Waals surface area contributed by atoms with E-state index < -0.39 is 34.0 Å².